The third kappa shape index (κ3) is 3.65. The number of hydrogen-bond acceptors (Lipinski definition) is 4. The molecule has 108 valence electrons. The quantitative estimate of drug-likeness (QED) is 0.874. The average molecular weight is 273 g/mol. The van der Waals surface area contributed by atoms with Crippen LogP contribution in [0.3, 0.4) is 0 Å². The summed E-state index contributed by atoms with van der Waals surface area (Å²) in [6, 6.07) is 8.73. The lowest BCUT2D eigenvalue weighted by Crippen LogP contribution is -2.21. The molecule has 0 atom stereocenters. The average Bonchev–Trinajstić information content (AvgIpc) is 2.87. The topological polar surface area (TPSA) is 60.0 Å². The van der Waals surface area contributed by atoms with Gasteiger partial charge in [-0.15, -0.1) is 0 Å². The fraction of sp³-hybridized carbons (Fsp3) is 0.467. The molecule has 1 aromatic carbocycles. The first-order chi connectivity index (χ1) is 9.60. The maximum absolute atomic E-state index is 5.68. The van der Waals surface area contributed by atoms with Crippen LogP contribution in [0.2, 0.25) is 0 Å². The van der Waals surface area contributed by atoms with Gasteiger partial charge in [0.2, 0.25) is 0 Å². The Morgan fingerprint density at radius 2 is 2.00 bits per heavy atom. The van der Waals surface area contributed by atoms with Crippen molar-refractivity contribution in [3.63, 3.8) is 0 Å². The van der Waals surface area contributed by atoms with Gasteiger partial charge in [0.1, 0.15) is 12.2 Å². The van der Waals surface area contributed by atoms with E-state index in [9.17, 15) is 0 Å². The Morgan fingerprint density at radius 3 is 2.70 bits per heavy atom. The van der Waals surface area contributed by atoms with Crippen molar-refractivity contribution < 1.29 is 0 Å². The maximum atomic E-state index is 5.68. The van der Waals surface area contributed by atoms with E-state index in [1.807, 2.05) is 4.68 Å². The van der Waals surface area contributed by atoms with E-state index in [0.717, 1.165) is 18.9 Å². The largest absolute Gasteiger partial charge is 0.326 e. The van der Waals surface area contributed by atoms with Gasteiger partial charge in [0, 0.05) is 19.1 Å². The highest BCUT2D eigenvalue weighted by atomic mass is 15.4. The van der Waals surface area contributed by atoms with Crippen LogP contribution < -0.4 is 5.73 Å². The normalized spacial score (nSPS) is 11.5. The third-order valence-corrected chi connectivity index (χ3v) is 3.23. The molecule has 0 aliphatic rings. The fourth-order valence-electron chi connectivity index (χ4n) is 2.28. The molecule has 2 aromatic rings. The fourth-order valence-corrected chi connectivity index (χ4v) is 2.28. The molecule has 0 aliphatic heterocycles. The number of nitrogens with zero attached hydrogens (tertiary/aromatic N) is 4. The summed E-state index contributed by atoms with van der Waals surface area (Å²) >= 11 is 0. The molecule has 0 radical (unpaired) electrons. The van der Waals surface area contributed by atoms with Gasteiger partial charge in [0.15, 0.2) is 0 Å². The summed E-state index contributed by atoms with van der Waals surface area (Å²) in [4.78, 5) is 6.58. The first kappa shape index (κ1) is 14.7. The molecule has 2 N–H and O–H groups in total. The van der Waals surface area contributed by atoms with Crippen molar-refractivity contribution in [1.82, 2.24) is 19.7 Å². The maximum Gasteiger partial charge on any atom is 0.141 e. The summed E-state index contributed by atoms with van der Waals surface area (Å²) in [5.74, 6) is 0.998. The van der Waals surface area contributed by atoms with E-state index >= 15 is 0 Å². The molecule has 1 heterocycles. The van der Waals surface area contributed by atoms with E-state index in [-0.39, 0.29) is 0 Å². The van der Waals surface area contributed by atoms with Crippen LogP contribution in [-0.4, -0.2) is 26.7 Å². The Bertz CT molecular complexity index is 547. The second-order valence-corrected chi connectivity index (χ2v) is 5.41. The molecule has 0 aliphatic carbocycles. The molecule has 1 aromatic heterocycles. The Labute approximate surface area is 120 Å². The monoisotopic (exact) mass is 273 g/mol. The minimum atomic E-state index is 0.335. The van der Waals surface area contributed by atoms with Gasteiger partial charge in [-0.25, -0.2) is 9.67 Å². The van der Waals surface area contributed by atoms with E-state index in [0.29, 0.717) is 12.6 Å². The number of rotatable bonds is 6. The molecule has 0 saturated heterocycles. The number of nitrogens with two attached hydrogens (primary N) is 1. The lowest BCUT2D eigenvalue weighted by Gasteiger charge is -2.18. The first-order valence-corrected chi connectivity index (χ1v) is 6.95. The van der Waals surface area contributed by atoms with E-state index in [1.165, 1.54) is 11.1 Å². The highest BCUT2D eigenvalue weighted by Gasteiger charge is 2.10. The Kier molecular flexibility index (Phi) is 4.87. The van der Waals surface area contributed by atoms with Crippen molar-refractivity contribution in [2.75, 3.05) is 7.05 Å². The van der Waals surface area contributed by atoms with Gasteiger partial charge in [-0.05, 0) is 32.0 Å². The summed E-state index contributed by atoms with van der Waals surface area (Å²) in [5, 5.41) is 4.27. The Morgan fingerprint density at radius 1 is 1.25 bits per heavy atom. The van der Waals surface area contributed by atoms with Crippen molar-refractivity contribution >= 4 is 0 Å². The van der Waals surface area contributed by atoms with Gasteiger partial charge in [-0.3, -0.25) is 4.90 Å². The van der Waals surface area contributed by atoms with Crippen LogP contribution in [0.1, 0.15) is 36.8 Å². The van der Waals surface area contributed by atoms with Gasteiger partial charge in [0.25, 0.3) is 0 Å². The SMILES string of the molecule is CC(C)n1ncnc1CN(C)Cc1cccc(CN)c1. The molecule has 0 unspecified atom stereocenters. The standard InChI is InChI=1S/C15H23N5/c1-12(2)20-15(17-11-18-20)10-19(3)9-14-6-4-5-13(7-14)8-16/h4-7,11-12H,8-10,16H2,1-3H3. The van der Waals surface area contributed by atoms with E-state index in [2.05, 4.69) is 60.1 Å². The van der Waals surface area contributed by atoms with Crippen molar-refractivity contribution in [1.29, 1.82) is 0 Å². The summed E-state index contributed by atoms with van der Waals surface area (Å²) in [5.41, 5.74) is 8.11. The predicted octanol–water partition coefficient (Wildman–Crippen LogP) is 1.95. The minimum Gasteiger partial charge on any atom is -0.326 e. The first-order valence-electron chi connectivity index (χ1n) is 6.95. The molecule has 0 spiro atoms. The zero-order valence-electron chi connectivity index (χ0n) is 12.5. The summed E-state index contributed by atoms with van der Waals surface area (Å²) < 4.78 is 1.97. The zero-order chi connectivity index (χ0) is 14.5. The lowest BCUT2D eigenvalue weighted by atomic mass is 10.1. The van der Waals surface area contributed by atoms with Crippen LogP contribution in [0.4, 0.5) is 0 Å². The van der Waals surface area contributed by atoms with Crippen LogP contribution in [0, 0.1) is 0 Å². The zero-order valence-corrected chi connectivity index (χ0v) is 12.5. The van der Waals surface area contributed by atoms with Gasteiger partial charge in [-0.2, -0.15) is 5.10 Å². The number of aromatic nitrogens is 3. The van der Waals surface area contributed by atoms with Gasteiger partial charge in [-0.1, -0.05) is 24.3 Å². The van der Waals surface area contributed by atoms with Gasteiger partial charge in [0.05, 0.1) is 6.54 Å². The smallest absolute Gasteiger partial charge is 0.141 e. The Hall–Kier alpha value is -1.72. The molecule has 0 fully saturated rings. The highest BCUT2D eigenvalue weighted by molar-refractivity contribution is 5.23. The van der Waals surface area contributed by atoms with Crippen molar-refractivity contribution in [3.05, 3.63) is 47.5 Å². The summed E-state index contributed by atoms with van der Waals surface area (Å²) in [7, 11) is 2.09. The van der Waals surface area contributed by atoms with Gasteiger partial charge < -0.3 is 5.73 Å². The highest BCUT2D eigenvalue weighted by Crippen LogP contribution is 2.11. The van der Waals surface area contributed by atoms with E-state index in [1.54, 1.807) is 6.33 Å². The second kappa shape index (κ2) is 6.63. The molecule has 5 nitrogen and oxygen atoms in total. The third-order valence-electron chi connectivity index (χ3n) is 3.23. The van der Waals surface area contributed by atoms with Crippen LogP contribution >= 0.6 is 0 Å². The molecule has 5 heteroatoms. The van der Waals surface area contributed by atoms with Crippen LogP contribution in [0.5, 0.6) is 0 Å². The van der Waals surface area contributed by atoms with Crippen molar-refractivity contribution in [2.24, 2.45) is 5.73 Å². The molecule has 0 bridgehead atoms. The van der Waals surface area contributed by atoms with Crippen LogP contribution in [0.15, 0.2) is 30.6 Å². The number of hydrogen-bond donors (Lipinski definition) is 1. The van der Waals surface area contributed by atoms with E-state index < -0.39 is 0 Å². The van der Waals surface area contributed by atoms with Crippen LogP contribution in [0.25, 0.3) is 0 Å². The summed E-state index contributed by atoms with van der Waals surface area (Å²) in [6.45, 7) is 6.47. The van der Waals surface area contributed by atoms with Crippen LogP contribution in [-0.2, 0) is 19.6 Å². The molecule has 20 heavy (non-hydrogen) atoms. The molecular formula is C15H23N5. The molecular weight excluding hydrogens is 250 g/mol. The van der Waals surface area contributed by atoms with E-state index in [4.69, 9.17) is 5.73 Å². The Balaban J connectivity index is 2.01. The predicted molar refractivity (Wildman–Crippen MR) is 79.9 cm³/mol. The van der Waals surface area contributed by atoms with Crippen molar-refractivity contribution in [2.45, 2.75) is 39.5 Å². The van der Waals surface area contributed by atoms with Gasteiger partial charge >= 0.3 is 0 Å². The second-order valence-electron chi connectivity index (χ2n) is 5.41. The summed E-state index contributed by atoms with van der Waals surface area (Å²) in [6.07, 6.45) is 1.62. The molecule has 2 rings (SSSR count). The van der Waals surface area contributed by atoms with Crippen molar-refractivity contribution in [3.8, 4) is 0 Å². The molecule has 0 amide bonds. The molecule has 0 saturated carbocycles. The lowest BCUT2D eigenvalue weighted by molar-refractivity contribution is 0.298. The minimum absolute atomic E-state index is 0.335. The number of benzene rings is 1.